The van der Waals surface area contributed by atoms with Gasteiger partial charge in [-0.15, -0.1) is 11.8 Å². The van der Waals surface area contributed by atoms with Crippen LogP contribution in [-0.4, -0.2) is 17.0 Å². The highest BCUT2D eigenvalue weighted by Gasteiger charge is 2.29. The van der Waals surface area contributed by atoms with E-state index >= 15 is 0 Å². The number of rotatable bonds is 5. The fraction of sp³-hybridized carbons (Fsp3) is 0.647. The second-order valence-corrected chi connectivity index (χ2v) is 6.90. The average molecular weight is 278 g/mol. The second kappa shape index (κ2) is 7.35. The van der Waals surface area contributed by atoms with Crippen LogP contribution in [0.25, 0.3) is 0 Å². The van der Waals surface area contributed by atoms with Crippen LogP contribution in [0.2, 0.25) is 0 Å². The van der Waals surface area contributed by atoms with E-state index < -0.39 is 0 Å². The van der Waals surface area contributed by atoms with E-state index in [1.165, 1.54) is 42.6 Å². The van der Waals surface area contributed by atoms with Crippen molar-refractivity contribution in [2.75, 3.05) is 5.75 Å². The van der Waals surface area contributed by atoms with Gasteiger partial charge >= 0.3 is 0 Å². The summed E-state index contributed by atoms with van der Waals surface area (Å²) < 4.78 is 0. The molecule has 1 fully saturated rings. The molecule has 0 bridgehead atoms. The number of hydrogen-bond acceptors (Lipinski definition) is 2. The van der Waals surface area contributed by atoms with Gasteiger partial charge in [0.05, 0.1) is 6.10 Å². The minimum atomic E-state index is -0.143. The lowest BCUT2D eigenvalue weighted by molar-refractivity contribution is 0.0629. The van der Waals surface area contributed by atoms with Crippen LogP contribution in [0.3, 0.4) is 0 Å². The fourth-order valence-electron chi connectivity index (χ4n) is 3.26. The van der Waals surface area contributed by atoms with Gasteiger partial charge in [-0.1, -0.05) is 50.3 Å². The fourth-order valence-corrected chi connectivity index (χ4v) is 4.31. The molecule has 1 aromatic rings. The van der Waals surface area contributed by atoms with Crippen molar-refractivity contribution in [2.45, 2.75) is 57.0 Å². The number of aryl methyl sites for hydroxylation is 1. The van der Waals surface area contributed by atoms with Gasteiger partial charge in [-0.25, -0.2) is 0 Å². The first-order chi connectivity index (χ1) is 9.20. The van der Waals surface area contributed by atoms with Crippen LogP contribution in [0.4, 0.5) is 0 Å². The lowest BCUT2D eigenvalue weighted by atomic mass is 9.75. The SMILES string of the molecule is CCC1CCCCC1C(O)CSc1cccc(C)c1. The quantitative estimate of drug-likeness (QED) is 0.790. The van der Waals surface area contributed by atoms with Crippen LogP contribution in [-0.2, 0) is 0 Å². The van der Waals surface area contributed by atoms with Crippen LogP contribution < -0.4 is 0 Å². The zero-order valence-electron chi connectivity index (χ0n) is 12.1. The molecule has 3 atom stereocenters. The molecule has 1 saturated carbocycles. The molecular weight excluding hydrogens is 252 g/mol. The van der Waals surface area contributed by atoms with E-state index in [4.69, 9.17) is 0 Å². The highest BCUT2D eigenvalue weighted by Crippen LogP contribution is 2.36. The number of hydrogen-bond donors (Lipinski definition) is 1. The van der Waals surface area contributed by atoms with Gasteiger partial charge in [0.2, 0.25) is 0 Å². The van der Waals surface area contributed by atoms with E-state index in [2.05, 4.69) is 38.1 Å². The summed E-state index contributed by atoms with van der Waals surface area (Å²) in [5.74, 6) is 2.10. The maximum atomic E-state index is 10.5. The summed E-state index contributed by atoms with van der Waals surface area (Å²) >= 11 is 1.80. The Morgan fingerprint density at radius 2 is 2.11 bits per heavy atom. The predicted molar refractivity (Wildman–Crippen MR) is 83.6 cm³/mol. The Kier molecular flexibility index (Phi) is 5.77. The van der Waals surface area contributed by atoms with E-state index in [0.29, 0.717) is 5.92 Å². The molecule has 0 spiro atoms. The van der Waals surface area contributed by atoms with Crippen LogP contribution in [0.1, 0.15) is 44.6 Å². The van der Waals surface area contributed by atoms with E-state index in [-0.39, 0.29) is 6.10 Å². The van der Waals surface area contributed by atoms with Crippen LogP contribution >= 0.6 is 11.8 Å². The van der Waals surface area contributed by atoms with Gasteiger partial charge in [0.1, 0.15) is 0 Å². The molecular formula is C17H26OS. The molecule has 106 valence electrons. The summed E-state index contributed by atoms with van der Waals surface area (Å²) in [6.07, 6.45) is 6.26. The van der Waals surface area contributed by atoms with E-state index in [0.717, 1.165) is 11.7 Å². The maximum absolute atomic E-state index is 10.5. The smallest absolute Gasteiger partial charge is 0.0664 e. The van der Waals surface area contributed by atoms with Crippen LogP contribution in [0.5, 0.6) is 0 Å². The van der Waals surface area contributed by atoms with Gasteiger partial charge in [-0.3, -0.25) is 0 Å². The number of thioether (sulfide) groups is 1. The Morgan fingerprint density at radius 3 is 2.84 bits per heavy atom. The third kappa shape index (κ3) is 4.25. The number of benzene rings is 1. The van der Waals surface area contributed by atoms with Crippen LogP contribution in [0, 0.1) is 18.8 Å². The van der Waals surface area contributed by atoms with Crippen molar-refractivity contribution in [3.05, 3.63) is 29.8 Å². The predicted octanol–water partition coefficient (Wildman–Crippen LogP) is 4.66. The minimum absolute atomic E-state index is 0.143. The van der Waals surface area contributed by atoms with Gasteiger partial charge in [0.25, 0.3) is 0 Å². The van der Waals surface area contributed by atoms with Gasteiger partial charge in [-0.05, 0) is 37.3 Å². The monoisotopic (exact) mass is 278 g/mol. The van der Waals surface area contributed by atoms with Crippen molar-refractivity contribution in [2.24, 2.45) is 11.8 Å². The summed E-state index contributed by atoms with van der Waals surface area (Å²) in [5.41, 5.74) is 1.29. The molecule has 1 aliphatic rings. The molecule has 1 aromatic carbocycles. The summed E-state index contributed by atoms with van der Waals surface area (Å²) in [6.45, 7) is 4.39. The van der Waals surface area contributed by atoms with Crippen molar-refractivity contribution < 1.29 is 5.11 Å². The Labute approximate surface area is 121 Å². The molecule has 0 heterocycles. The van der Waals surface area contributed by atoms with Gasteiger partial charge in [0.15, 0.2) is 0 Å². The van der Waals surface area contributed by atoms with E-state index in [1.54, 1.807) is 11.8 Å². The first-order valence-electron chi connectivity index (χ1n) is 7.58. The molecule has 0 saturated heterocycles. The Bertz CT molecular complexity index is 391. The lowest BCUT2D eigenvalue weighted by Gasteiger charge is -2.34. The Balaban J connectivity index is 1.87. The lowest BCUT2D eigenvalue weighted by Crippen LogP contribution is -2.32. The maximum Gasteiger partial charge on any atom is 0.0664 e. The summed E-state index contributed by atoms with van der Waals surface area (Å²) in [7, 11) is 0. The summed E-state index contributed by atoms with van der Waals surface area (Å²) in [6, 6.07) is 8.56. The van der Waals surface area contributed by atoms with Crippen molar-refractivity contribution in [3.8, 4) is 0 Å². The molecule has 0 aromatic heterocycles. The molecule has 1 N–H and O–H groups in total. The first-order valence-corrected chi connectivity index (χ1v) is 8.56. The zero-order chi connectivity index (χ0) is 13.7. The zero-order valence-corrected chi connectivity index (χ0v) is 13.0. The third-order valence-electron chi connectivity index (χ3n) is 4.40. The second-order valence-electron chi connectivity index (χ2n) is 5.81. The standard InChI is InChI=1S/C17H26OS/c1-3-14-8-4-5-10-16(14)17(18)12-19-15-9-6-7-13(2)11-15/h6-7,9,11,14,16-18H,3-5,8,10,12H2,1-2H3. The molecule has 0 amide bonds. The molecule has 2 heteroatoms. The summed E-state index contributed by atoms with van der Waals surface area (Å²) in [4.78, 5) is 1.28. The van der Waals surface area contributed by atoms with Crippen molar-refractivity contribution in [1.82, 2.24) is 0 Å². The number of aliphatic hydroxyl groups is 1. The molecule has 1 aliphatic carbocycles. The van der Waals surface area contributed by atoms with E-state index in [1.807, 2.05) is 0 Å². The highest BCUT2D eigenvalue weighted by molar-refractivity contribution is 7.99. The molecule has 0 radical (unpaired) electrons. The highest BCUT2D eigenvalue weighted by atomic mass is 32.2. The first kappa shape index (κ1) is 14.9. The van der Waals surface area contributed by atoms with E-state index in [9.17, 15) is 5.11 Å². The third-order valence-corrected chi connectivity index (χ3v) is 5.49. The van der Waals surface area contributed by atoms with Gasteiger partial charge in [-0.2, -0.15) is 0 Å². The molecule has 3 unspecified atom stereocenters. The van der Waals surface area contributed by atoms with Crippen LogP contribution in [0.15, 0.2) is 29.2 Å². The van der Waals surface area contributed by atoms with Gasteiger partial charge < -0.3 is 5.11 Å². The molecule has 19 heavy (non-hydrogen) atoms. The normalized spacial score (nSPS) is 25.2. The molecule has 2 rings (SSSR count). The summed E-state index contributed by atoms with van der Waals surface area (Å²) in [5, 5.41) is 10.5. The molecule has 0 aliphatic heterocycles. The minimum Gasteiger partial charge on any atom is -0.392 e. The van der Waals surface area contributed by atoms with Crippen molar-refractivity contribution >= 4 is 11.8 Å². The van der Waals surface area contributed by atoms with Crippen molar-refractivity contribution in [3.63, 3.8) is 0 Å². The van der Waals surface area contributed by atoms with Gasteiger partial charge in [0, 0.05) is 10.6 Å². The average Bonchev–Trinajstić information content (AvgIpc) is 2.45. The molecule has 1 nitrogen and oxygen atoms in total. The topological polar surface area (TPSA) is 20.2 Å². The Morgan fingerprint density at radius 1 is 1.32 bits per heavy atom. The van der Waals surface area contributed by atoms with Crippen molar-refractivity contribution in [1.29, 1.82) is 0 Å². The number of aliphatic hydroxyl groups excluding tert-OH is 1. The largest absolute Gasteiger partial charge is 0.392 e. The Hall–Kier alpha value is -0.470.